The number of carbonyl (C=O) groups excluding carboxylic acids is 1. The van der Waals surface area contributed by atoms with Gasteiger partial charge in [0.2, 0.25) is 5.91 Å². The van der Waals surface area contributed by atoms with Gasteiger partial charge in [0, 0.05) is 18.5 Å². The van der Waals surface area contributed by atoms with Crippen LogP contribution in [0.4, 0.5) is 0 Å². The Kier molecular flexibility index (Phi) is 5.49. The monoisotopic (exact) mass is 236 g/mol. The maximum absolute atomic E-state index is 11.6. The van der Waals surface area contributed by atoms with Crippen LogP contribution >= 0.6 is 0 Å². The molecule has 1 rings (SSSR count). The number of para-hydroxylation sites is 1. The van der Waals surface area contributed by atoms with Crippen molar-refractivity contribution in [1.29, 1.82) is 0 Å². The number of benzene rings is 1. The molecule has 0 saturated heterocycles. The molecule has 17 heavy (non-hydrogen) atoms. The summed E-state index contributed by atoms with van der Waals surface area (Å²) >= 11 is 0. The van der Waals surface area contributed by atoms with Gasteiger partial charge in [-0.15, -0.1) is 0 Å². The largest absolute Gasteiger partial charge is 0.508 e. The number of hydrogen-bond acceptors (Lipinski definition) is 3. The first-order valence-corrected chi connectivity index (χ1v) is 5.91. The predicted molar refractivity (Wildman–Crippen MR) is 67.4 cm³/mol. The molecule has 0 radical (unpaired) electrons. The normalized spacial score (nSPS) is 12.1. The smallest absolute Gasteiger partial charge is 0.220 e. The van der Waals surface area contributed by atoms with Gasteiger partial charge in [-0.1, -0.05) is 31.5 Å². The highest BCUT2D eigenvalue weighted by atomic mass is 16.3. The molecule has 4 nitrogen and oxygen atoms in total. The van der Waals surface area contributed by atoms with Crippen molar-refractivity contribution in [3.8, 4) is 5.75 Å². The molecular weight excluding hydrogens is 216 g/mol. The van der Waals surface area contributed by atoms with Crippen LogP contribution in [0.5, 0.6) is 5.75 Å². The first-order chi connectivity index (χ1) is 8.17. The van der Waals surface area contributed by atoms with E-state index < -0.39 is 0 Å². The van der Waals surface area contributed by atoms with Gasteiger partial charge >= 0.3 is 0 Å². The molecule has 0 aliphatic heterocycles. The van der Waals surface area contributed by atoms with Crippen LogP contribution in [0.15, 0.2) is 24.3 Å². The number of rotatable bonds is 6. The first kappa shape index (κ1) is 13.5. The lowest BCUT2D eigenvalue weighted by molar-refractivity contribution is -0.122. The highest BCUT2D eigenvalue weighted by Crippen LogP contribution is 2.15. The minimum Gasteiger partial charge on any atom is -0.508 e. The summed E-state index contributed by atoms with van der Waals surface area (Å²) in [5, 5.41) is 12.3. The molecule has 0 fully saturated rings. The molecule has 0 aromatic heterocycles. The van der Waals surface area contributed by atoms with Crippen molar-refractivity contribution >= 4 is 5.91 Å². The zero-order valence-corrected chi connectivity index (χ0v) is 10.1. The van der Waals surface area contributed by atoms with Crippen molar-refractivity contribution in [1.82, 2.24) is 5.32 Å². The molecule has 1 aromatic carbocycles. The average molecular weight is 236 g/mol. The molecule has 1 atom stereocenters. The third-order valence-corrected chi connectivity index (χ3v) is 2.85. The second-order valence-corrected chi connectivity index (χ2v) is 4.12. The number of phenols is 1. The predicted octanol–water partition coefficient (Wildman–Crippen LogP) is 1.38. The van der Waals surface area contributed by atoms with Crippen molar-refractivity contribution < 1.29 is 9.90 Å². The fraction of sp³-hybridized carbons (Fsp3) is 0.462. The topological polar surface area (TPSA) is 75.4 Å². The molecular formula is C13H20N2O2. The van der Waals surface area contributed by atoms with Crippen LogP contribution < -0.4 is 11.1 Å². The number of nitrogens with two attached hydrogens (primary N) is 1. The number of phenolic OH excluding ortho intramolecular Hbond substituents is 1. The standard InChI is InChI=1S/C13H20N2O2/c1-2-10(8-14)7-13(17)15-9-11-5-3-4-6-12(11)16/h3-6,10,16H,2,7-9,14H2,1H3,(H,15,17). The maximum atomic E-state index is 11.6. The van der Waals surface area contributed by atoms with Crippen LogP contribution in [-0.4, -0.2) is 17.6 Å². The van der Waals surface area contributed by atoms with Crippen LogP contribution in [0.25, 0.3) is 0 Å². The van der Waals surface area contributed by atoms with Crippen LogP contribution in [-0.2, 0) is 11.3 Å². The molecule has 0 saturated carbocycles. The number of carbonyl (C=O) groups is 1. The van der Waals surface area contributed by atoms with Crippen molar-refractivity contribution in [2.75, 3.05) is 6.54 Å². The number of amides is 1. The molecule has 1 amide bonds. The van der Waals surface area contributed by atoms with Crippen LogP contribution in [0.3, 0.4) is 0 Å². The van der Waals surface area contributed by atoms with Gasteiger partial charge in [-0.3, -0.25) is 4.79 Å². The fourth-order valence-electron chi connectivity index (χ4n) is 1.58. The first-order valence-electron chi connectivity index (χ1n) is 5.91. The van der Waals surface area contributed by atoms with E-state index in [0.717, 1.165) is 12.0 Å². The van der Waals surface area contributed by atoms with Gasteiger partial charge in [-0.05, 0) is 18.5 Å². The Labute approximate surface area is 102 Å². The molecule has 0 spiro atoms. The summed E-state index contributed by atoms with van der Waals surface area (Å²) in [6.45, 7) is 2.90. The van der Waals surface area contributed by atoms with Gasteiger partial charge in [0.25, 0.3) is 0 Å². The minimum absolute atomic E-state index is 0.0226. The molecule has 4 heteroatoms. The fourth-order valence-corrected chi connectivity index (χ4v) is 1.58. The van der Waals surface area contributed by atoms with E-state index in [4.69, 9.17) is 5.73 Å². The zero-order valence-electron chi connectivity index (χ0n) is 10.1. The summed E-state index contributed by atoms with van der Waals surface area (Å²) in [7, 11) is 0. The summed E-state index contributed by atoms with van der Waals surface area (Å²) in [6, 6.07) is 6.98. The molecule has 4 N–H and O–H groups in total. The summed E-state index contributed by atoms with van der Waals surface area (Å²) < 4.78 is 0. The van der Waals surface area contributed by atoms with Gasteiger partial charge in [0.05, 0.1) is 0 Å². The number of aromatic hydroxyl groups is 1. The Morgan fingerprint density at radius 3 is 2.76 bits per heavy atom. The van der Waals surface area contributed by atoms with Gasteiger partial charge in [0.1, 0.15) is 5.75 Å². The lowest BCUT2D eigenvalue weighted by Gasteiger charge is -2.12. The molecule has 0 heterocycles. The Balaban J connectivity index is 2.41. The molecule has 94 valence electrons. The summed E-state index contributed by atoms with van der Waals surface area (Å²) in [5.41, 5.74) is 6.27. The zero-order chi connectivity index (χ0) is 12.7. The lowest BCUT2D eigenvalue weighted by atomic mass is 10.0. The quantitative estimate of drug-likeness (QED) is 0.698. The van der Waals surface area contributed by atoms with Gasteiger partial charge in [-0.25, -0.2) is 0 Å². The summed E-state index contributed by atoms with van der Waals surface area (Å²) in [4.78, 5) is 11.6. The van der Waals surface area contributed by atoms with Crippen LogP contribution in [0.2, 0.25) is 0 Å². The van der Waals surface area contributed by atoms with Gasteiger partial charge in [0.15, 0.2) is 0 Å². The second kappa shape index (κ2) is 6.91. The molecule has 1 unspecified atom stereocenters. The van der Waals surface area contributed by atoms with E-state index in [-0.39, 0.29) is 17.6 Å². The van der Waals surface area contributed by atoms with E-state index in [2.05, 4.69) is 5.32 Å². The third kappa shape index (κ3) is 4.44. The Morgan fingerprint density at radius 2 is 2.18 bits per heavy atom. The summed E-state index contributed by atoms with van der Waals surface area (Å²) in [6.07, 6.45) is 1.35. The number of nitrogens with one attached hydrogen (secondary N) is 1. The molecule has 0 aliphatic carbocycles. The van der Waals surface area contributed by atoms with E-state index in [9.17, 15) is 9.90 Å². The van der Waals surface area contributed by atoms with Crippen molar-refractivity contribution in [3.63, 3.8) is 0 Å². The van der Waals surface area contributed by atoms with Gasteiger partial charge in [-0.2, -0.15) is 0 Å². The molecule has 1 aromatic rings. The number of hydrogen-bond donors (Lipinski definition) is 3. The van der Waals surface area contributed by atoms with Crippen LogP contribution in [0, 0.1) is 5.92 Å². The van der Waals surface area contributed by atoms with E-state index in [1.807, 2.05) is 13.0 Å². The third-order valence-electron chi connectivity index (χ3n) is 2.85. The van der Waals surface area contributed by atoms with E-state index in [1.165, 1.54) is 0 Å². The molecule has 0 aliphatic rings. The minimum atomic E-state index is -0.0226. The van der Waals surface area contributed by atoms with Crippen molar-refractivity contribution in [2.45, 2.75) is 26.3 Å². The van der Waals surface area contributed by atoms with Crippen molar-refractivity contribution in [2.24, 2.45) is 11.7 Å². The Morgan fingerprint density at radius 1 is 1.47 bits per heavy atom. The second-order valence-electron chi connectivity index (χ2n) is 4.12. The highest BCUT2D eigenvalue weighted by molar-refractivity contribution is 5.76. The average Bonchev–Trinajstić information content (AvgIpc) is 2.35. The van der Waals surface area contributed by atoms with E-state index >= 15 is 0 Å². The van der Waals surface area contributed by atoms with Gasteiger partial charge < -0.3 is 16.2 Å². The van der Waals surface area contributed by atoms with E-state index in [1.54, 1.807) is 18.2 Å². The molecule has 0 bridgehead atoms. The SMILES string of the molecule is CCC(CN)CC(=O)NCc1ccccc1O. The highest BCUT2D eigenvalue weighted by Gasteiger charge is 2.10. The summed E-state index contributed by atoms with van der Waals surface area (Å²) in [5.74, 6) is 0.420. The maximum Gasteiger partial charge on any atom is 0.220 e. The van der Waals surface area contributed by atoms with Crippen LogP contribution in [0.1, 0.15) is 25.3 Å². The van der Waals surface area contributed by atoms with E-state index in [0.29, 0.717) is 19.5 Å². The van der Waals surface area contributed by atoms with Crippen molar-refractivity contribution in [3.05, 3.63) is 29.8 Å². The Bertz CT molecular complexity index is 362. The lowest BCUT2D eigenvalue weighted by Crippen LogP contribution is -2.27. The Hall–Kier alpha value is -1.55.